The average Bonchev–Trinajstić information content (AvgIpc) is 2.87. The minimum atomic E-state index is 0.351. The SMILES string of the molecule is CCCNC1C(OCC2CCOC2)CCCC1(C)C. The maximum absolute atomic E-state index is 6.27. The Morgan fingerprint density at radius 1 is 1.32 bits per heavy atom. The monoisotopic (exact) mass is 269 g/mol. The van der Waals surface area contributed by atoms with E-state index in [0.29, 0.717) is 23.5 Å². The van der Waals surface area contributed by atoms with Gasteiger partial charge in [0, 0.05) is 18.6 Å². The van der Waals surface area contributed by atoms with Crippen LogP contribution in [-0.2, 0) is 9.47 Å². The molecule has 0 spiro atoms. The van der Waals surface area contributed by atoms with Crippen molar-refractivity contribution in [3.05, 3.63) is 0 Å². The lowest BCUT2D eigenvalue weighted by Gasteiger charge is -2.44. The van der Waals surface area contributed by atoms with Gasteiger partial charge in [0.15, 0.2) is 0 Å². The predicted octanol–water partition coefficient (Wildman–Crippen LogP) is 2.99. The third kappa shape index (κ3) is 4.17. The quantitative estimate of drug-likeness (QED) is 0.804. The van der Waals surface area contributed by atoms with E-state index in [1.807, 2.05) is 0 Å². The lowest BCUT2D eigenvalue weighted by Crippen LogP contribution is -2.54. The third-order valence-corrected chi connectivity index (χ3v) is 4.71. The summed E-state index contributed by atoms with van der Waals surface area (Å²) in [5, 5.41) is 3.73. The molecule has 19 heavy (non-hydrogen) atoms. The molecule has 0 aromatic carbocycles. The molecule has 1 saturated carbocycles. The first-order valence-electron chi connectivity index (χ1n) is 8.06. The summed E-state index contributed by atoms with van der Waals surface area (Å²) in [5.74, 6) is 0.622. The van der Waals surface area contributed by atoms with Crippen molar-refractivity contribution in [3.8, 4) is 0 Å². The Balaban J connectivity index is 1.87. The summed E-state index contributed by atoms with van der Waals surface area (Å²) in [6.07, 6.45) is 6.55. The van der Waals surface area contributed by atoms with Crippen molar-refractivity contribution in [1.82, 2.24) is 5.32 Å². The van der Waals surface area contributed by atoms with Crippen molar-refractivity contribution in [3.63, 3.8) is 0 Å². The van der Waals surface area contributed by atoms with Crippen LogP contribution in [0.5, 0.6) is 0 Å². The Kier molecular flexibility index (Phi) is 5.67. The first-order chi connectivity index (χ1) is 9.13. The van der Waals surface area contributed by atoms with Crippen LogP contribution in [-0.4, -0.2) is 38.5 Å². The second-order valence-electron chi connectivity index (χ2n) is 6.91. The third-order valence-electron chi connectivity index (χ3n) is 4.71. The molecule has 1 N–H and O–H groups in total. The maximum atomic E-state index is 6.27. The highest BCUT2D eigenvalue weighted by Gasteiger charge is 2.39. The Morgan fingerprint density at radius 2 is 2.16 bits per heavy atom. The summed E-state index contributed by atoms with van der Waals surface area (Å²) in [6.45, 7) is 10.8. The van der Waals surface area contributed by atoms with Crippen LogP contribution in [0.15, 0.2) is 0 Å². The van der Waals surface area contributed by atoms with Crippen LogP contribution in [0.1, 0.15) is 52.9 Å². The predicted molar refractivity (Wildman–Crippen MR) is 78.4 cm³/mol. The molecule has 0 amide bonds. The van der Waals surface area contributed by atoms with Gasteiger partial charge in [-0.1, -0.05) is 27.2 Å². The normalized spacial score (nSPS) is 34.6. The molecule has 3 nitrogen and oxygen atoms in total. The minimum absolute atomic E-state index is 0.351. The number of ether oxygens (including phenoxy) is 2. The smallest absolute Gasteiger partial charge is 0.0733 e. The molecule has 0 radical (unpaired) electrons. The molecule has 1 heterocycles. The van der Waals surface area contributed by atoms with Gasteiger partial charge in [0.05, 0.1) is 19.3 Å². The highest BCUT2D eigenvalue weighted by molar-refractivity contribution is 4.94. The largest absolute Gasteiger partial charge is 0.381 e. The number of rotatable bonds is 6. The van der Waals surface area contributed by atoms with Gasteiger partial charge in [-0.05, 0) is 37.6 Å². The molecule has 0 bridgehead atoms. The van der Waals surface area contributed by atoms with Crippen LogP contribution in [0.3, 0.4) is 0 Å². The van der Waals surface area contributed by atoms with E-state index in [2.05, 4.69) is 26.1 Å². The summed E-state index contributed by atoms with van der Waals surface area (Å²) < 4.78 is 11.7. The molecular weight excluding hydrogens is 238 g/mol. The van der Waals surface area contributed by atoms with Crippen LogP contribution in [0.4, 0.5) is 0 Å². The van der Waals surface area contributed by atoms with Crippen molar-refractivity contribution in [1.29, 1.82) is 0 Å². The molecule has 2 rings (SSSR count). The number of hydrogen-bond acceptors (Lipinski definition) is 3. The second-order valence-corrected chi connectivity index (χ2v) is 6.91. The van der Waals surface area contributed by atoms with Crippen molar-refractivity contribution >= 4 is 0 Å². The van der Waals surface area contributed by atoms with E-state index in [0.717, 1.165) is 26.4 Å². The van der Waals surface area contributed by atoms with Crippen molar-refractivity contribution < 1.29 is 9.47 Å². The van der Waals surface area contributed by atoms with Gasteiger partial charge in [-0.15, -0.1) is 0 Å². The van der Waals surface area contributed by atoms with E-state index in [9.17, 15) is 0 Å². The molecule has 1 saturated heterocycles. The zero-order valence-corrected chi connectivity index (χ0v) is 12.9. The topological polar surface area (TPSA) is 30.5 Å². The van der Waals surface area contributed by atoms with Crippen molar-refractivity contribution in [2.45, 2.75) is 65.0 Å². The molecule has 3 unspecified atom stereocenters. The fourth-order valence-electron chi connectivity index (χ4n) is 3.45. The highest BCUT2D eigenvalue weighted by atomic mass is 16.5. The molecule has 2 aliphatic rings. The van der Waals surface area contributed by atoms with Gasteiger partial charge in [0.25, 0.3) is 0 Å². The van der Waals surface area contributed by atoms with Gasteiger partial charge < -0.3 is 14.8 Å². The van der Waals surface area contributed by atoms with Crippen LogP contribution >= 0.6 is 0 Å². The molecule has 3 atom stereocenters. The van der Waals surface area contributed by atoms with E-state index in [-0.39, 0.29) is 0 Å². The van der Waals surface area contributed by atoms with Crippen LogP contribution < -0.4 is 5.32 Å². The van der Waals surface area contributed by atoms with Crippen LogP contribution in [0.2, 0.25) is 0 Å². The van der Waals surface area contributed by atoms with Gasteiger partial charge >= 0.3 is 0 Å². The lowest BCUT2D eigenvalue weighted by molar-refractivity contribution is -0.0497. The fourth-order valence-corrected chi connectivity index (χ4v) is 3.45. The highest BCUT2D eigenvalue weighted by Crippen LogP contribution is 2.37. The lowest BCUT2D eigenvalue weighted by atomic mass is 9.71. The Morgan fingerprint density at radius 3 is 2.84 bits per heavy atom. The summed E-state index contributed by atoms with van der Waals surface area (Å²) in [4.78, 5) is 0. The first kappa shape index (κ1) is 15.3. The molecule has 2 fully saturated rings. The van der Waals surface area contributed by atoms with E-state index < -0.39 is 0 Å². The first-order valence-corrected chi connectivity index (χ1v) is 8.06. The molecule has 1 aliphatic carbocycles. The Bertz CT molecular complexity index is 261. The Labute approximate surface area is 118 Å². The molecular formula is C16H31NO2. The molecule has 1 aliphatic heterocycles. The van der Waals surface area contributed by atoms with Crippen molar-refractivity contribution in [2.24, 2.45) is 11.3 Å². The van der Waals surface area contributed by atoms with E-state index >= 15 is 0 Å². The summed E-state index contributed by atoms with van der Waals surface area (Å²) >= 11 is 0. The Hall–Kier alpha value is -0.120. The van der Waals surface area contributed by atoms with Gasteiger partial charge in [-0.25, -0.2) is 0 Å². The van der Waals surface area contributed by atoms with E-state index in [1.165, 1.54) is 32.1 Å². The maximum Gasteiger partial charge on any atom is 0.0733 e. The van der Waals surface area contributed by atoms with Gasteiger partial charge in [-0.2, -0.15) is 0 Å². The molecule has 0 aromatic rings. The summed E-state index contributed by atoms with van der Waals surface area (Å²) in [5.41, 5.74) is 0.351. The van der Waals surface area contributed by atoms with Gasteiger partial charge in [-0.3, -0.25) is 0 Å². The van der Waals surface area contributed by atoms with E-state index in [4.69, 9.17) is 9.47 Å². The van der Waals surface area contributed by atoms with Gasteiger partial charge in [0.1, 0.15) is 0 Å². The standard InChI is InChI=1S/C16H31NO2/c1-4-9-17-15-14(6-5-8-16(15,2)3)19-12-13-7-10-18-11-13/h13-15,17H,4-12H2,1-3H3. The molecule has 112 valence electrons. The minimum Gasteiger partial charge on any atom is -0.381 e. The number of hydrogen-bond donors (Lipinski definition) is 1. The summed E-state index contributed by atoms with van der Waals surface area (Å²) in [7, 11) is 0. The van der Waals surface area contributed by atoms with Crippen molar-refractivity contribution in [2.75, 3.05) is 26.4 Å². The second kappa shape index (κ2) is 7.05. The number of nitrogens with one attached hydrogen (secondary N) is 1. The van der Waals surface area contributed by atoms with Crippen LogP contribution in [0, 0.1) is 11.3 Å². The molecule has 3 heteroatoms. The fraction of sp³-hybridized carbons (Fsp3) is 1.00. The average molecular weight is 269 g/mol. The zero-order valence-electron chi connectivity index (χ0n) is 12.9. The van der Waals surface area contributed by atoms with E-state index in [1.54, 1.807) is 0 Å². The van der Waals surface area contributed by atoms with Gasteiger partial charge in [0.2, 0.25) is 0 Å². The van der Waals surface area contributed by atoms with Crippen LogP contribution in [0.25, 0.3) is 0 Å². The molecule has 0 aromatic heterocycles. The summed E-state index contributed by atoms with van der Waals surface area (Å²) in [6, 6.07) is 0.503. The zero-order chi connectivity index (χ0) is 13.7.